The second kappa shape index (κ2) is 12.7. The van der Waals surface area contributed by atoms with Crippen LogP contribution in [-0.4, -0.2) is 45.5 Å². The van der Waals surface area contributed by atoms with Gasteiger partial charge in [-0.2, -0.15) is 18.3 Å². The maximum atomic E-state index is 14.8. The molecule has 2 aromatic rings. The molecule has 1 N–H and O–H groups in total. The van der Waals surface area contributed by atoms with E-state index in [-0.39, 0.29) is 34.7 Å². The molecule has 1 aromatic carbocycles. The topological polar surface area (TPSA) is 59.4 Å². The lowest BCUT2D eigenvalue weighted by molar-refractivity contribution is -0.142. The van der Waals surface area contributed by atoms with Crippen molar-refractivity contribution in [1.29, 1.82) is 0 Å². The average Bonchev–Trinajstić information content (AvgIpc) is 3.84. The van der Waals surface area contributed by atoms with E-state index in [1.54, 1.807) is 6.07 Å². The van der Waals surface area contributed by atoms with E-state index in [4.69, 9.17) is 16.3 Å². The smallest absolute Gasteiger partial charge is 0.435 e. The van der Waals surface area contributed by atoms with Gasteiger partial charge >= 0.3 is 6.18 Å². The summed E-state index contributed by atoms with van der Waals surface area (Å²) < 4.78 is 64.8. The maximum Gasteiger partial charge on any atom is 0.435 e. The molecule has 0 unspecified atom stereocenters. The Hall–Kier alpha value is -1.98. The Labute approximate surface area is 235 Å². The summed E-state index contributed by atoms with van der Waals surface area (Å²) in [6.45, 7) is 5.66. The van der Waals surface area contributed by atoms with Crippen LogP contribution >= 0.6 is 23.5 Å². The minimum Gasteiger partial charge on any atom is -0.493 e. The van der Waals surface area contributed by atoms with Crippen molar-refractivity contribution in [3.8, 4) is 5.75 Å². The molecule has 0 spiro atoms. The van der Waals surface area contributed by atoms with Gasteiger partial charge in [0.2, 0.25) is 0 Å². The summed E-state index contributed by atoms with van der Waals surface area (Å²) in [5, 5.41) is 3.98. The zero-order chi connectivity index (χ0) is 28.3. The van der Waals surface area contributed by atoms with Crippen LogP contribution < -0.4 is 9.46 Å². The second-order valence-electron chi connectivity index (χ2n) is 10.2. The van der Waals surface area contributed by atoms with Crippen molar-refractivity contribution in [3.63, 3.8) is 0 Å². The number of piperidine rings is 1. The fraction of sp³-hybridized carbons (Fsp3) is 0.630. The van der Waals surface area contributed by atoms with Crippen molar-refractivity contribution in [2.75, 3.05) is 19.7 Å². The predicted octanol–water partition coefficient (Wildman–Crippen LogP) is 6.97. The summed E-state index contributed by atoms with van der Waals surface area (Å²) in [6, 6.07) is 2.95. The van der Waals surface area contributed by atoms with Crippen LogP contribution in [0, 0.1) is 11.7 Å². The number of hydrogen-bond acceptors (Lipinski definition) is 5. The number of nitrogens with one attached hydrogen (secondary N) is 1. The number of amides is 1. The third kappa shape index (κ3) is 7.61. The number of carbonyl (C=O) groups is 1. The summed E-state index contributed by atoms with van der Waals surface area (Å²) in [7, 11) is 1.40. The molecule has 2 aliphatic carbocycles. The van der Waals surface area contributed by atoms with Crippen LogP contribution in [0.25, 0.3) is 0 Å². The Kier molecular flexibility index (Phi) is 9.75. The van der Waals surface area contributed by atoms with Crippen LogP contribution in [0.2, 0.25) is 5.15 Å². The number of likely N-dealkylation sites (tertiary alicyclic amines) is 1. The van der Waals surface area contributed by atoms with Gasteiger partial charge in [-0.1, -0.05) is 25.4 Å². The second-order valence-corrected chi connectivity index (χ2v) is 11.6. The van der Waals surface area contributed by atoms with E-state index in [9.17, 15) is 22.4 Å². The number of hydrogen-bond donors (Lipinski definition) is 1. The van der Waals surface area contributed by atoms with E-state index >= 15 is 0 Å². The monoisotopic (exact) mass is 590 g/mol. The van der Waals surface area contributed by atoms with Gasteiger partial charge < -0.3 is 4.74 Å². The summed E-state index contributed by atoms with van der Waals surface area (Å²) in [4.78, 5) is 14.4. The Balaban J connectivity index is 0.00000172. The molecule has 2 saturated carbocycles. The summed E-state index contributed by atoms with van der Waals surface area (Å²) in [5.74, 6) is -0.0804. The van der Waals surface area contributed by atoms with Gasteiger partial charge in [-0.3, -0.25) is 19.1 Å². The minimum absolute atomic E-state index is 0.00400. The van der Waals surface area contributed by atoms with E-state index in [0.717, 1.165) is 48.8 Å². The Bertz CT molecular complexity index is 1160. The van der Waals surface area contributed by atoms with Crippen molar-refractivity contribution in [3.05, 3.63) is 45.5 Å². The lowest BCUT2D eigenvalue weighted by Crippen LogP contribution is -2.35. The molecule has 1 aliphatic heterocycles. The molecule has 6 nitrogen and oxygen atoms in total. The number of rotatable bonds is 9. The highest BCUT2D eigenvalue weighted by molar-refractivity contribution is 7.98. The highest BCUT2D eigenvalue weighted by Gasteiger charge is 2.39. The molecular weight excluding hydrogens is 556 g/mol. The largest absolute Gasteiger partial charge is 0.493 e. The van der Waals surface area contributed by atoms with Crippen molar-refractivity contribution >= 4 is 29.5 Å². The quantitative estimate of drug-likeness (QED) is 0.253. The standard InChI is InChI=1S/C25H29ClF4N4O2S.C2H6/c1-33-23(26)19(22(31-33)25(28,29)30)12-34-8-6-14(7-9-34)13-36-21-11-20(27)18(10-17(21)15-2-3-15)24(35)32-37-16-4-5-16;1-2/h10-11,14-16H,2-9,12-13H2,1H3,(H,32,35);1-2H3. The van der Waals surface area contributed by atoms with Gasteiger partial charge in [0.15, 0.2) is 5.69 Å². The van der Waals surface area contributed by atoms with Crippen LogP contribution in [0.4, 0.5) is 17.6 Å². The fourth-order valence-electron chi connectivity index (χ4n) is 4.62. The zero-order valence-corrected chi connectivity index (χ0v) is 24.0. The Morgan fingerprint density at radius 2 is 1.82 bits per heavy atom. The van der Waals surface area contributed by atoms with Crippen molar-refractivity contribution in [2.45, 2.75) is 76.3 Å². The van der Waals surface area contributed by atoms with Crippen LogP contribution in [0.5, 0.6) is 5.75 Å². The van der Waals surface area contributed by atoms with Crippen LogP contribution in [-0.2, 0) is 19.8 Å². The predicted molar refractivity (Wildman–Crippen MR) is 145 cm³/mol. The summed E-state index contributed by atoms with van der Waals surface area (Å²) in [5.41, 5.74) is -0.0340. The molecule has 216 valence electrons. The Morgan fingerprint density at radius 1 is 1.15 bits per heavy atom. The van der Waals surface area contributed by atoms with Gasteiger partial charge in [0.05, 0.1) is 12.2 Å². The molecule has 0 atom stereocenters. The lowest BCUT2D eigenvalue weighted by Gasteiger charge is -2.32. The van der Waals surface area contributed by atoms with Gasteiger partial charge in [0, 0.05) is 30.5 Å². The van der Waals surface area contributed by atoms with Gasteiger partial charge in [-0.25, -0.2) is 4.39 Å². The molecule has 1 aromatic heterocycles. The highest BCUT2D eigenvalue weighted by atomic mass is 35.5. The van der Waals surface area contributed by atoms with Gasteiger partial charge in [-0.05, 0) is 87.0 Å². The molecule has 3 fully saturated rings. The molecule has 3 aliphatic rings. The molecule has 0 bridgehead atoms. The van der Waals surface area contributed by atoms with E-state index in [2.05, 4.69) is 9.82 Å². The first kappa shape index (κ1) is 30.0. The summed E-state index contributed by atoms with van der Waals surface area (Å²) >= 11 is 7.46. The normalized spacial score (nSPS) is 18.5. The van der Waals surface area contributed by atoms with Crippen LogP contribution in [0.3, 0.4) is 0 Å². The number of alkyl halides is 3. The molecule has 1 saturated heterocycles. The fourth-order valence-corrected chi connectivity index (χ4v) is 5.56. The van der Waals surface area contributed by atoms with Crippen molar-refractivity contribution < 1.29 is 27.1 Å². The SMILES string of the molecule is CC.Cn1nc(C(F)(F)F)c(CN2CCC(COc3cc(F)c(C(=O)NSC4CC4)cc3C3CC3)CC2)c1Cl. The molecule has 12 heteroatoms. The first-order valence-corrected chi connectivity index (χ1v) is 14.8. The van der Waals surface area contributed by atoms with Gasteiger partial charge in [0.1, 0.15) is 16.7 Å². The lowest BCUT2D eigenvalue weighted by atomic mass is 9.97. The maximum absolute atomic E-state index is 14.8. The summed E-state index contributed by atoms with van der Waals surface area (Å²) in [6.07, 6.45) is 1.01. The number of benzene rings is 1. The van der Waals surface area contributed by atoms with Crippen LogP contribution in [0.1, 0.15) is 85.5 Å². The molecule has 1 amide bonds. The van der Waals surface area contributed by atoms with Crippen LogP contribution in [0.15, 0.2) is 12.1 Å². The van der Waals surface area contributed by atoms with E-state index < -0.39 is 23.6 Å². The van der Waals surface area contributed by atoms with Crippen molar-refractivity contribution in [2.24, 2.45) is 13.0 Å². The Morgan fingerprint density at radius 3 is 2.41 bits per heavy atom. The van der Waals surface area contributed by atoms with Gasteiger partial charge in [0.25, 0.3) is 5.91 Å². The molecule has 39 heavy (non-hydrogen) atoms. The molecule has 5 rings (SSSR count). The average molecular weight is 591 g/mol. The first-order valence-electron chi connectivity index (χ1n) is 13.5. The van der Waals surface area contributed by atoms with Crippen molar-refractivity contribution in [1.82, 2.24) is 19.4 Å². The molecular formula is C27H35ClF4N4O2S. The van der Waals surface area contributed by atoms with E-state index in [1.165, 1.54) is 25.1 Å². The number of aryl methyl sites for hydroxylation is 1. The number of carbonyl (C=O) groups excluding carboxylic acids is 1. The number of nitrogens with zero attached hydrogens (tertiary/aromatic N) is 3. The molecule has 0 radical (unpaired) electrons. The zero-order valence-electron chi connectivity index (χ0n) is 22.4. The minimum atomic E-state index is -4.56. The number of ether oxygens (including phenoxy) is 1. The van der Waals surface area contributed by atoms with Gasteiger partial charge in [-0.15, -0.1) is 0 Å². The number of aromatic nitrogens is 2. The third-order valence-electron chi connectivity index (χ3n) is 7.10. The molecule has 2 heterocycles. The van der Waals surface area contributed by atoms with E-state index in [0.29, 0.717) is 30.7 Å². The number of halogens is 5. The first-order chi connectivity index (χ1) is 18.6. The highest BCUT2D eigenvalue weighted by Crippen LogP contribution is 2.45. The van der Waals surface area contributed by atoms with E-state index in [1.807, 2.05) is 18.7 Å². The third-order valence-corrected chi connectivity index (χ3v) is 8.69.